The summed E-state index contributed by atoms with van der Waals surface area (Å²) in [5, 5.41) is 8.85. The number of rotatable bonds is 2. The van der Waals surface area contributed by atoms with Gasteiger partial charge in [-0.05, 0) is 42.5 Å². The third-order valence-corrected chi connectivity index (χ3v) is 2.17. The largest absolute Gasteiger partial charge is 0.456 e. The van der Waals surface area contributed by atoms with Crippen LogP contribution in [-0.4, -0.2) is 0 Å². The van der Waals surface area contributed by atoms with E-state index in [1.54, 1.807) is 24.3 Å². The summed E-state index contributed by atoms with van der Waals surface area (Å²) in [5.41, 5.74) is 6.32. The van der Waals surface area contributed by atoms with Gasteiger partial charge in [-0.1, -0.05) is 0 Å². The lowest BCUT2D eigenvalue weighted by Gasteiger charge is -2.07. The van der Waals surface area contributed by atoms with E-state index in [2.05, 4.69) is 0 Å². The monoisotopic (exact) mass is 228 g/mol. The molecular formula is C13H9FN2O. The standard InChI is InChI=1S/C13H9FN2O/c14-10-1-6-13(9(7-10)8-15)17-12-4-2-11(16)3-5-12/h1-7H,16H2. The fourth-order valence-electron chi connectivity index (χ4n) is 1.34. The zero-order chi connectivity index (χ0) is 12.3. The first-order chi connectivity index (χ1) is 8.19. The van der Waals surface area contributed by atoms with Gasteiger partial charge >= 0.3 is 0 Å². The maximum absolute atomic E-state index is 12.9. The van der Waals surface area contributed by atoms with Gasteiger partial charge in [-0.3, -0.25) is 0 Å². The normalized spacial score (nSPS) is 9.65. The van der Waals surface area contributed by atoms with E-state index in [9.17, 15) is 4.39 Å². The topological polar surface area (TPSA) is 59.0 Å². The van der Waals surface area contributed by atoms with Crippen LogP contribution in [0.3, 0.4) is 0 Å². The molecule has 0 saturated heterocycles. The number of nitriles is 1. The Balaban J connectivity index is 2.30. The van der Waals surface area contributed by atoms with Gasteiger partial charge in [0.05, 0.1) is 5.56 Å². The van der Waals surface area contributed by atoms with Crippen molar-refractivity contribution in [3.8, 4) is 17.6 Å². The minimum atomic E-state index is -0.466. The fraction of sp³-hybridized carbons (Fsp3) is 0. The van der Waals surface area contributed by atoms with E-state index in [1.807, 2.05) is 6.07 Å². The maximum atomic E-state index is 12.9. The Morgan fingerprint density at radius 3 is 2.47 bits per heavy atom. The van der Waals surface area contributed by atoms with Gasteiger partial charge in [0, 0.05) is 5.69 Å². The Bertz CT molecular complexity index is 573. The molecule has 0 aliphatic heterocycles. The summed E-state index contributed by atoms with van der Waals surface area (Å²) in [5.74, 6) is 0.396. The SMILES string of the molecule is N#Cc1cc(F)ccc1Oc1ccc(N)cc1. The molecule has 0 bridgehead atoms. The van der Waals surface area contributed by atoms with Crippen LogP contribution in [0.15, 0.2) is 42.5 Å². The van der Waals surface area contributed by atoms with Gasteiger partial charge < -0.3 is 10.5 Å². The number of anilines is 1. The van der Waals surface area contributed by atoms with Crippen molar-refractivity contribution in [3.05, 3.63) is 53.8 Å². The van der Waals surface area contributed by atoms with Gasteiger partial charge in [0.25, 0.3) is 0 Å². The second-order valence-electron chi connectivity index (χ2n) is 3.42. The average molecular weight is 228 g/mol. The fourth-order valence-corrected chi connectivity index (χ4v) is 1.34. The van der Waals surface area contributed by atoms with E-state index in [1.165, 1.54) is 12.1 Å². The van der Waals surface area contributed by atoms with Crippen molar-refractivity contribution in [1.29, 1.82) is 5.26 Å². The molecule has 0 amide bonds. The van der Waals surface area contributed by atoms with Crippen molar-refractivity contribution in [3.63, 3.8) is 0 Å². The van der Waals surface area contributed by atoms with E-state index < -0.39 is 5.82 Å². The number of nitrogens with zero attached hydrogens (tertiary/aromatic N) is 1. The molecule has 0 saturated carbocycles. The molecule has 0 spiro atoms. The number of ether oxygens (including phenoxy) is 1. The Morgan fingerprint density at radius 2 is 1.82 bits per heavy atom. The van der Waals surface area contributed by atoms with Crippen molar-refractivity contribution in [1.82, 2.24) is 0 Å². The first kappa shape index (κ1) is 11.0. The van der Waals surface area contributed by atoms with E-state index >= 15 is 0 Å². The Morgan fingerprint density at radius 1 is 1.12 bits per heavy atom. The van der Waals surface area contributed by atoms with Gasteiger partial charge in [0.15, 0.2) is 0 Å². The van der Waals surface area contributed by atoms with Crippen LogP contribution in [0.2, 0.25) is 0 Å². The highest BCUT2D eigenvalue weighted by atomic mass is 19.1. The van der Waals surface area contributed by atoms with Gasteiger partial charge in [0.1, 0.15) is 23.4 Å². The van der Waals surface area contributed by atoms with Gasteiger partial charge in [-0.15, -0.1) is 0 Å². The minimum Gasteiger partial charge on any atom is -0.456 e. The number of hydrogen-bond acceptors (Lipinski definition) is 3. The van der Waals surface area contributed by atoms with Crippen molar-refractivity contribution >= 4 is 5.69 Å². The Hall–Kier alpha value is -2.54. The van der Waals surface area contributed by atoms with E-state index in [4.69, 9.17) is 15.7 Å². The summed E-state index contributed by atoms with van der Waals surface area (Å²) < 4.78 is 18.4. The van der Waals surface area contributed by atoms with Crippen molar-refractivity contribution in [2.75, 3.05) is 5.73 Å². The molecule has 2 aromatic carbocycles. The number of nitrogens with two attached hydrogens (primary N) is 1. The third-order valence-electron chi connectivity index (χ3n) is 2.17. The van der Waals surface area contributed by atoms with Gasteiger partial charge in [-0.25, -0.2) is 4.39 Å². The highest BCUT2D eigenvalue weighted by Crippen LogP contribution is 2.26. The lowest BCUT2D eigenvalue weighted by atomic mass is 10.2. The molecule has 0 radical (unpaired) electrons. The molecule has 2 aromatic rings. The second-order valence-corrected chi connectivity index (χ2v) is 3.42. The van der Waals surface area contributed by atoms with Crippen LogP contribution in [0, 0.1) is 17.1 Å². The van der Waals surface area contributed by atoms with E-state index in [0.717, 1.165) is 6.07 Å². The van der Waals surface area contributed by atoms with Crippen LogP contribution in [0.1, 0.15) is 5.56 Å². The molecule has 2 N–H and O–H groups in total. The lowest BCUT2D eigenvalue weighted by molar-refractivity contribution is 0.479. The van der Waals surface area contributed by atoms with Crippen LogP contribution in [0.4, 0.5) is 10.1 Å². The van der Waals surface area contributed by atoms with Crippen LogP contribution in [0.25, 0.3) is 0 Å². The molecule has 3 nitrogen and oxygen atoms in total. The highest BCUT2D eigenvalue weighted by molar-refractivity contribution is 5.47. The molecule has 17 heavy (non-hydrogen) atoms. The van der Waals surface area contributed by atoms with E-state index in [0.29, 0.717) is 17.2 Å². The number of hydrogen-bond donors (Lipinski definition) is 1. The Labute approximate surface area is 97.9 Å². The minimum absolute atomic E-state index is 0.154. The second kappa shape index (κ2) is 4.54. The van der Waals surface area contributed by atoms with Crippen LogP contribution >= 0.6 is 0 Å². The molecule has 0 unspecified atom stereocenters. The van der Waals surface area contributed by atoms with Crippen molar-refractivity contribution < 1.29 is 9.13 Å². The summed E-state index contributed by atoms with van der Waals surface area (Å²) in [4.78, 5) is 0. The van der Waals surface area contributed by atoms with Crippen LogP contribution in [-0.2, 0) is 0 Å². The summed E-state index contributed by atoms with van der Waals surface area (Å²) in [7, 11) is 0. The number of nitrogen functional groups attached to an aromatic ring is 1. The van der Waals surface area contributed by atoms with Crippen LogP contribution in [0.5, 0.6) is 11.5 Å². The first-order valence-electron chi connectivity index (χ1n) is 4.92. The predicted octanol–water partition coefficient (Wildman–Crippen LogP) is 3.07. The van der Waals surface area contributed by atoms with Gasteiger partial charge in [-0.2, -0.15) is 5.26 Å². The van der Waals surface area contributed by atoms with Crippen molar-refractivity contribution in [2.24, 2.45) is 0 Å². The first-order valence-corrected chi connectivity index (χ1v) is 4.92. The quantitative estimate of drug-likeness (QED) is 0.803. The molecule has 0 heterocycles. The smallest absolute Gasteiger partial charge is 0.145 e. The van der Waals surface area contributed by atoms with Gasteiger partial charge in [0.2, 0.25) is 0 Å². The summed E-state index contributed by atoms with van der Waals surface area (Å²) in [6.45, 7) is 0. The molecule has 4 heteroatoms. The molecular weight excluding hydrogens is 219 g/mol. The third kappa shape index (κ3) is 2.52. The molecule has 0 fully saturated rings. The molecule has 2 rings (SSSR count). The molecule has 0 atom stereocenters. The summed E-state index contributed by atoms with van der Waals surface area (Å²) in [6, 6.07) is 12.4. The molecule has 0 aromatic heterocycles. The maximum Gasteiger partial charge on any atom is 0.145 e. The number of benzene rings is 2. The molecule has 0 aliphatic carbocycles. The molecule has 84 valence electrons. The van der Waals surface area contributed by atoms with Crippen LogP contribution < -0.4 is 10.5 Å². The summed E-state index contributed by atoms with van der Waals surface area (Å²) >= 11 is 0. The van der Waals surface area contributed by atoms with E-state index in [-0.39, 0.29) is 5.56 Å². The molecule has 0 aliphatic rings. The predicted molar refractivity (Wildman–Crippen MR) is 62.0 cm³/mol. The lowest BCUT2D eigenvalue weighted by Crippen LogP contribution is -1.90. The average Bonchev–Trinajstić information content (AvgIpc) is 2.34. The highest BCUT2D eigenvalue weighted by Gasteiger charge is 2.05. The number of halogens is 1. The zero-order valence-corrected chi connectivity index (χ0v) is 8.85. The Kier molecular flexibility index (Phi) is 2.93. The van der Waals surface area contributed by atoms with Crippen molar-refractivity contribution in [2.45, 2.75) is 0 Å². The zero-order valence-electron chi connectivity index (χ0n) is 8.85. The summed E-state index contributed by atoms with van der Waals surface area (Å²) in [6.07, 6.45) is 0.